The summed E-state index contributed by atoms with van der Waals surface area (Å²) in [5.41, 5.74) is 2.57. The van der Waals surface area contributed by atoms with Gasteiger partial charge >= 0.3 is 0 Å². The van der Waals surface area contributed by atoms with E-state index in [-0.39, 0.29) is 30.1 Å². The molecule has 2 aliphatic heterocycles. The summed E-state index contributed by atoms with van der Waals surface area (Å²) < 4.78 is 0. The van der Waals surface area contributed by atoms with E-state index in [1.165, 1.54) is 0 Å². The molecule has 1 N–H and O–H groups in total. The Morgan fingerprint density at radius 3 is 2.71 bits per heavy atom. The number of piperidine rings is 1. The van der Waals surface area contributed by atoms with Gasteiger partial charge in [-0.05, 0) is 23.5 Å². The quantitative estimate of drug-likeness (QED) is 0.822. The Kier molecular flexibility index (Phi) is 3.23. The highest BCUT2D eigenvalue weighted by Gasteiger charge is 2.40. The maximum atomic E-state index is 12.5. The summed E-state index contributed by atoms with van der Waals surface area (Å²) in [5.74, 6) is -0.562. The molecule has 6 heteroatoms. The lowest BCUT2D eigenvalue weighted by Gasteiger charge is -2.29. The number of carbonyl (C=O) groups excluding carboxylic acids is 3. The average Bonchev–Trinajstić information content (AvgIpc) is 2.76. The van der Waals surface area contributed by atoms with Crippen molar-refractivity contribution in [1.29, 1.82) is 0 Å². The van der Waals surface area contributed by atoms with Gasteiger partial charge in [-0.2, -0.15) is 0 Å². The fraction of sp³-hybridized carbons (Fsp3) is 0.467. The molecule has 1 aromatic heterocycles. The first kappa shape index (κ1) is 13.7. The first-order valence-electron chi connectivity index (χ1n) is 7.10. The van der Waals surface area contributed by atoms with Gasteiger partial charge in [-0.3, -0.25) is 24.7 Å². The molecular formula is C15H17N3O3. The number of hydrogen-bond acceptors (Lipinski definition) is 4. The minimum atomic E-state index is -0.567. The molecule has 21 heavy (non-hydrogen) atoms. The van der Waals surface area contributed by atoms with Crippen LogP contribution in [0.15, 0.2) is 12.4 Å². The molecule has 1 aromatic rings. The minimum Gasteiger partial charge on any atom is -0.322 e. The number of fused-ring (bicyclic) bond motifs is 1. The first-order valence-corrected chi connectivity index (χ1v) is 7.10. The smallest absolute Gasteiger partial charge is 0.256 e. The van der Waals surface area contributed by atoms with Crippen LogP contribution in [0.5, 0.6) is 0 Å². The van der Waals surface area contributed by atoms with Crippen LogP contribution in [0.2, 0.25) is 0 Å². The van der Waals surface area contributed by atoms with Crippen molar-refractivity contribution in [3.63, 3.8) is 0 Å². The average molecular weight is 287 g/mol. The van der Waals surface area contributed by atoms with E-state index >= 15 is 0 Å². The lowest BCUT2D eigenvalue weighted by atomic mass is 9.97. The van der Waals surface area contributed by atoms with Crippen molar-refractivity contribution >= 4 is 17.7 Å². The number of aromatic nitrogens is 1. The summed E-state index contributed by atoms with van der Waals surface area (Å²) in [6.45, 7) is 4.52. The Bertz CT molecular complexity index is 639. The molecule has 6 nitrogen and oxygen atoms in total. The van der Waals surface area contributed by atoms with Gasteiger partial charge in [0.05, 0.1) is 5.56 Å². The van der Waals surface area contributed by atoms with Crippen molar-refractivity contribution in [2.45, 2.75) is 45.2 Å². The van der Waals surface area contributed by atoms with E-state index in [1.54, 1.807) is 17.3 Å². The zero-order valence-electron chi connectivity index (χ0n) is 12.0. The molecule has 3 heterocycles. The van der Waals surface area contributed by atoms with Crippen molar-refractivity contribution in [1.82, 2.24) is 15.2 Å². The SMILES string of the molecule is CC(C)c1cncc2c1CN(C1CCC(=O)NC1=O)C2=O. The van der Waals surface area contributed by atoms with Crippen LogP contribution in [0, 0.1) is 0 Å². The second-order valence-electron chi connectivity index (χ2n) is 5.81. The van der Waals surface area contributed by atoms with E-state index in [0.717, 1.165) is 11.1 Å². The number of rotatable bonds is 2. The van der Waals surface area contributed by atoms with E-state index in [0.29, 0.717) is 18.5 Å². The zero-order chi connectivity index (χ0) is 15.1. The van der Waals surface area contributed by atoms with Crippen LogP contribution in [0.1, 0.15) is 54.1 Å². The molecule has 2 aliphatic rings. The Morgan fingerprint density at radius 1 is 1.29 bits per heavy atom. The largest absolute Gasteiger partial charge is 0.322 e. The molecule has 0 radical (unpaired) electrons. The molecule has 110 valence electrons. The number of carbonyl (C=O) groups is 3. The second kappa shape index (κ2) is 4.95. The van der Waals surface area contributed by atoms with Crippen LogP contribution < -0.4 is 5.32 Å². The van der Waals surface area contributed by atoms with Crippen LogP contribution in [0.25, 0.3) is 0 Å². The highest BCUT2D eigenvalue weighted by molar-refractivity contribution is 6.05. The Balaban J connectivity index is 1.92. The molecule has 1 fully saturated rings. The molecule has 1 saturated heterocycles. The molecule has 0 aliphatic carbocycles. The Hall–Kier alpha value is -2.24. The molecule has 1 unspecified atom stereocenters. The lowest BCUT2D eigenvalue weighted by molar-refractivity contribution is -0.136. The van der Waals surface area contributed by atoms with Crippen LogP contribution in [0.4, 0.5) is 0 Å². The van der Waals surface area contributed by atoms with Crippen LogP contribution in [-0.2, 0) is 16.1 Å². The number of amides is 3. The summed E-state index contributed by atoms with van der Waals surface area (Å²) in [5, 5.41) is 2.30. The van der Waals surface area contributed by atoms with E-state index < -0.39 is 6.04 Å². The molecule has 0 aromatic carbocycles. The standard InChI is InChI=1S/C15H17N3O3/c1-8(2)9-5-16-6-10-11(9)7-18(15(10)21)12-3-4-13(19)17-14(12)20/h5-6,8,12H,3-4,7H2,1-2H3,(H,17,19,20). The van der Waals surface area contributed by atoms with Gasteiger partial charge in [-0.25, -0.2) is 0 Å². The van der Waals surface area contributed by atoms with Crippen LogP contribution in [-0.4, -0.2) is 33.6 Å². The molecule has 1 atom stereocenters. The topological polar surface area (TPSA) is 79.4 Å². The lowest BCUT2D eigenvalue weighted by Crippen LogP contribution is -2.52. The Labute approximate surface area is 122 Å². The molecule has 0 spiro atoms. The van der Waals surface area contributed by atoms with Gasteiger partial charge in [0, 0.05) is 25.4 Å². The van der Waals surface area contributed by atoms with Crippen molar-refractivity contribution in [3.8, 4) is 0 Å². The summed E-state index contributed by atoms with van der Waals surface area (Å²) in [6, 6.07) is -0.567. The summed E-state index contributed by atoms with van der Waals surface area (Å²) in [4.78, 5) is 41.4. The van der Waals surface area contributed by atoms with Gasteiger partial charge in [0.15, 0.2) is 0 Å². The fourth-order valence-corrected chi connectivity index (χ4v) is 2.99. The predicted octanol–water partition coefficient (Wildman–Crippen LogP) is 0.966. The maximum Gasteiger partial charge on any atom is 0.256 e. The summed E-state index contributed by atoms with van der Waals surface area (Å²) in [7, 11) is 0. The van der Waals surface area contributed by atoms with Gasteiger partial charge in [-0.15, -0.1) is 0 Å². The summed E-state index contributed by atoms with van der Waals surface area (Å²) >= 11 is 0. The molecule has 3 rings (SSSR count). The van der Waals surface area contributed by atoms with E-state index in [9.17, 15) is 14.4 Å². The highest BCUT2D eigenvalue weighted by Crippen LogP contribution is 2.31. The van der Waals surface area contributed by atoms with Crippen molar-refractivity contribution in [3.05, 3.63) is 29.1 Å². The van der Waals surface area contributed by atoms with Crippen molar-refractivity contribution < 1.29 is 14.4 Å². The van der Waals surface area contributed by atoms with E-state index in [2.05, 4.69) is 24.1 Å². The van der Waals surface area contributed by atoms with Crippen LogP contribution >= 0.6 is 0 Å². The fourth-order valence-electron chi connectivity index (χ4n) is 2.99. The number of pyridine rings is 1. The monoisotopic (exact) mass is 287 g/mol. The van der Waals surface area contributed by atoms with Gasteiger partial charge in [0.1, 0.15) is 6.04 Å². The van der Waals surface area contributed by atoms with Gasteiger partial charge in [0.2, 0.25) is 11.8 Å². The van der Waals surface area contributed by atoms with E-state index in [1.807, 2.05) is 0 Å². The Morgan fingerprint density at radius 2 is 2.05 bits per heavy atom. The normalized spacial score (nSPS) is 21.8. The van der Waals surface area contributed by atoms with Gasteiger partial charge < -0.3 is 4.90 Å². The van der Waals surface area contributed by atoms with Gasteiger partial charge in [0.25, 0.3) is 5.91 Å². The zero-order valence-corrected chi connectivity index (χ0v) is 12.0. The minimum absolute atomic E-state index is 0.172. The van der Waals surface area contributed by atoms with Crippen LogP contribution in [0.3, 0.4) is 0 Å². The molecular weight excluding hydrogens is 270 g/mol. The van der Waals surface area contributed by atoms with Gasteiger partial charge in [-0.1, -0.05) is 13.8 Å². The third-order valence-electron chi connectivity index (χ3n) is 4.12. The summed E-state index contributed by atoms with van der Waals surface area (Å²) in [6.07, 6.45) is 4.00. The number of hydrogen-bond donors (Lipinski definition) is 1. The third-order valence-corrected chi connectivity index (χ3v) is 4.12. The number of nitrogens with one attached hydrogen (secondary N) is 1. The molecule has 0 saturated carbocycles. The maximum absolute atomic E-state index is 12.5. The van der Waals surface area contributed by atoms with Crippen molar-refractivity contribution in [2.24, 2.45) is 0 Å². The number of nitrogens with zero attached hydrogens (tertiary/aromatic N) is 2. The highest BCUT2D eigenvalue weighted by atomic mass is 16.2. The number of imide groups is 1. The second-order valence-corrected chi connectivity index (χ2v) is 5.81. The van der Waals surface area contributed by atoms with E-state index in [4.69, 9.17) is 0 Å². The predicted molar refractivity (Wildman–Crippen MR) is 74.4 cm³/mol. The molecule has 0 bridgehead atoms. The third kappa shape index (κ3) is 2.20. The van der Waals surface area contributed by atoms with Crippen molar-refractivity contribution in [2.75, 3.05) is 0 Å². The molecule has 3 amide bonds. The first-order chi connectivity index (χ1) is 9.99.